The van der Waals surface area contributed by atoms with Gasteiger partial charge in [-0.2, -0.15) is 5.10 Å². The highest BCUT2D eigenvalue weighted by atomic mass is 79.9. The van der Waals surface area contributed by atoms with Crippen LogP contribution in [-0.2, 0) is 19.1 Å². The molecule has 0 aromatic heterocycles. The third kappa shape index (κ3) is 2.80. The van der Waals surface area contributed by atoms with Gasteiger partial charge in [-0.15, -0.1) is 0 Å². The Hall–Kier alpha value is -3.00. The highest BCUT2D eigenvalue weighted by Crippen LogP contribution is 2.38. The molecule has 0 bridgehead atoms. The summed E-state index contributed by atoms with van der Waals surface area (Å²) in [6.07, 6.45) is 0. The predicted molar refractivity (Wildman–Crippen MR) is 107 cm³/mol. The molecular weight excluding hydrogens is 426 g/mol. The first-order valence-electron chi connectivity index (χ1n) is 8.58. The summed E-state index contributed by atoms with van der Waals surface area (Å²) in [7, 11) is 1.23. The summed E-state index contributed by atoms with van der Waals surface area (Å²) in [5.74, 6) is -2.65. The summed E-state index contributed by atoms with van der Waals surface area (Å²) in [5, 5.41) is 5.74. The number of carbonyl (C=O) groups excluding carboxylic acids is 3. The molecule has 28 heavy (non-hydrogen) atoms. The van der Waals surface area contributed by atoms with Crippen LogP contribution >= 0.6 is 15.9 Å². The number of carbonyl (C=O) groups is 3. The maximum Gasteiger partial charge on any atom is 0.355 e. The zero-order valence-electron chi connectivity index (χ0n) is 15.1. The molecule has 142 valence electrons. The zero-order valence-corrected chi connectivity index (χ0v) is 16.7. The number of halogens is 1. The second kappa shape index (κ2) is 6.87. The van der Waals surface area contributed by atoms with Gasteiger partial charge in [0.2, 0.25) is 5.91 Å². The number of fused-ring (bicyclic) bond motifs is 1. The zero-order chi connectivity index (χ0) is 20.0. The Morgan fingerprint density at radius 2 is 1.79 bits per heavy atom. The van der Waals surface area contributed by atoms with Crippen molar-refractivity contribution in [1.29, 1.82) is 0 Å². The van der Waals surface area contributed by atoms with E-state index in [4.69, 9.17) is 4.74 Å². The average molecular weight is 442 g/mol. The first kappa shape index (κ1) is 18.4. The van der Waals surface area contributed by atoms with Crippen LogP contribution in [0.1, 0.15) is 5.56 Å². The molecule has 2 aliphatic heterocycles. The number of anilines is 2. The molecule has 2 aromatic rings. The molecule has 2 aliphatic rings. The molecule has 1 fully saturated rings. The minimum absolute atomic E-state index is 0.0630. The molecule has 0 N–H and O–H groups in total. The summed E-state index contributed by atoms with van der Waals surface area (Å²) in [6.45, 7) is 1.91. The smallest absolute Gasteiger partial charge is 0.355 e. The maximum atomic E-state index is 13.2. The number of nitrogens with zero attached hydrogens (tertiary/aromatic N) is 3. The topological polar surface area (TPSA) is 79.3 Å². The first-order chi connectivity index (χ1) is 13.4. The van der Waals surface area contributed by atoms with E-state index in [-0.39, 0.29) is 5.71 Å². The molecule has 0 radical (unpaired) electrons. The van der Waals surface area contributed by atoms with Gasteiger partial charge in [0.1, 0.15) is 12.0 Å². The summed E-state index contributed by atoms with van der Waals surface area (Å²) >= 11 is 3.34. The number of imide groups is 1. The fourth-order valence-electron chi connectivity index (χ4n) is 3.52. The van der Waals surface area contributed by atoms with Gasteiger partial charge in [-0.05, 0) is 48.9 Å². The molecule has 2 heterocycles. The summed E-state index contributed by atoms with van der Waals surface area (Å²) in [5.41, 5.74) is 1.98. The molecule has 7 nitrogen and oxygen atoms in total. The van der Waals surface area contributed by atoms with Crippen molar-refractivity contribution in [2.45, 2.75) is 13.0 Å². The van der Waals surface area contributed by atoms with Gasteiger partial charge in [0.25, 0.3) is 5.91 Å². The van der Waals surface area contributed by atoms with Crippen molar-refractivity contribution in [2.24, 2.45) is 11.0 Å². The molecule has 0 spiro atoms. The Labute approximate surface area is 169 Å². The van der Waals surface area contributed by atoms with Crippen LogP contribution in [0.4, 0.5) is 11.4 Å². The van der Waals surface area contributed by atoms with Crippen LogP contribution in [0.15, 0.2) is 58.1 Å². The van der Waals surface area contributed by atoms with E-state index in [1.54, 1.807) is 30.3 Å². The Kier molecular flexibility index (Phi) is 4.50. The molecule has 1 saturated heterocycles. The maximum absolute atomic E-state index is 13.2. The van der Waals surface area contributed by atoms with E-state index in [9.17, 15) is 14.4 Å². The number of hydrogen-bond donors (Lipinski definition) is 0. The second-order valence-electron chi connectivity index (χ2n) is 6.57. The van der Waals surface area contributed by atoms with Gasteiger partial charge in [0, 0.05) is 4.47 Å². The van der Waals surface area contributed by atoms with Gasteiger partial charge < -0.3 is 4.74 Å². The lowest BCUT2D eigenvalue weighted by molar-refractivity contribution is -0.133. The monoisotopic (exact) mass is 441 g/mol. The quantitative estimate of drug-likeness (QED) is 0.540. The van der Waals surface area contributed by atoms with Gasteiger partial charge in [0.15, 0.2) is 5.71 Å². The van der Waals surface area contributed by atoms with Crippen molar-refractivity contribution in [3.8, 4) is 0 Å². The molecule has 0 saturated carbocycles. The molecule has 2 aromatic carbocycles. The Balaban J connectivity index is 1.81. The van der Waals surface area contributed by atoms with E-state index in [2.05, 4.69) is 21.0 Å². The van der Waals surface area contributed by atoms with Crippen LogP contribution in [0.5, 0.6) is 0 Å². The van der Waals surface area contributed by atoms with Gasteiger partial charge in [0.05, 0.1) is 18.5 Å². The number of esters is 1. The molecule has 2 atom stereocenters. The Bertz CT molecular complexity index is 1020. The third-order valence-corrected chi connectivity index (χ3v) is 5.32. The van der Waals surface area contributed by atoms with Crippen molar-refractivity contribution < 1.29 is 19.1 Å². The third-order valence-electron chi connectivity index (χ3n) is 4.79. The molecule has 8 heteroatoms. The van der Waals surface area contributed by atoms with Crippen LogP contribution in [0.3, 0.4) is 0 Å². The lowest BCUT2D eigenvalue weighted by Crippen LogP contribution is -2.39. The highest BCUT2D eigenvalue weighted by molar-refractivity contribution is 9.10. The predicted octanol–water partition coefficient (Wildman–Crippen LogP) is 2.66. The van der Waals surface area contributed by atoms with E-state index >= 15 is 0 Å². The molecule has 0 unspecified atom stereocenters. The summed E-state index contributed by atoms with van der Waals surface area (Å²) in [6, 6.07) is 13.3. The summed E-state index contributed by atoms with van der Waals surface area (Å²) in [4.78, 5) is 39.8. The lowest BCUT2D eigenvalue weighted by atomic mass is 9.97. The number of aryl methyl sites for hydroxylation is 1. The number of rotatable bonds is 3. The fraction of sp³-hybridized carbons (Fsp3) is 0.200. The van der Waals surface area contributed by atoms with Gasteiger partial charge in [-0.1, -0.05) is 28.1 Å². The Morgan fingerprint density at radius 1 is 1.07 bits per heavy atom. The van der Waals surface area contributed by atoms with Crippen LogP contribution in [0, 0.1) is 12.8 Å². The number of methoxy groups -OCH3 is 1. The van der Waals surface area contributed by atoms with Crippen molar-refractivity contribution in [1.82, 2.24) is 0 Å². The normalized spacial score (nSPS) is 21.0. The number of amides is 2. The van der Waals surface area contributed by atoms with E-state index in [1.165, 1.54) is 12.1 Å². The van der Waals surface area contributed by atoms with Crippen molar-refractivity contribution in [2.75, 3.05) is 17.0 Å². The second-order valence-corrected chi connectivity index (χ2v) is 7.49. The first-order valence-corrected chi connectivity index (χ1v) is 9.38. The molecule has 2 amide bonds. The number of ether oxygens (including phenoxy) is 1. The summed E-state index contributed by atoms with van der Waals surface area (Å²) < 4.78 is 5.63. The van der Waals surface area contributed by atoms with Gasteiger partial charge in [-0.25, -0.2) is 9.69 Å². The van der Waals surface area contributed by atoms with E-state index in [1.807, 2.05) is 25.1 Å². The average Bonchev–Trinajstić information content (AvgIpc) is 3.20. The fourth-order valence-corrected chi connectivity index (χ4v) is 3.78. The van der Waals surface area contributed by atoms with Gasteiger partial charge in [-0.3, -0.25) is 14.6 Å². The van der Waals surface area contributed by atoms with E-state index in [0.29, 0.717) is 11.4 Å². The lowest BCUT2D eigenvalue weighted by Gasteiger charge is -2.22. The molecule has 0 aliphatic carbocycles. The number of hydrazone groups is 1. The van der Waals surface area contributed by atoms with E-state index in [0.717, 1.165) is 14.9 Å². The molecule has 4 rings (SSSR count). The van der Waals surface area contributed by atoms with Crippen LogP contribution in [-0.4, -0.2) is 36.6 Å². The van der Waals surface area contributed by atoms with Crippen LogP contribution in [0.25, 0.3) is 0 Å². The van der Waals surface area contributed by atoms with Crippen molar-refractivity contribution in [3.05, 3.63) is 58.6 Å². The minimum Gasteiger partial charge on any atom is -0.464 e. The molecular formula is C20H16BrN3O4. The van der Waals surface area contributed by atoms with E-state index < -0.39 is 29.7 Å². The SMILES string of the molecule is COC(=O)C1=NN(c2cccc(C)c2)[C@@H]2C(=O)N(c3ccc(Br)cc3)C(=O)[C@H]12. The number of benzene rings is 2. The van der Waals surface area contributed by atoms with Crippen LogP contribution < -0.4 is 9.91 Å². The van der Waals surface area contributed by atoms with Gasteiger partial charge >= 0.3 is 5.97 Å². The van der Waals surface area contributed by atoms with Crippen molar-refractivity contribution in [3.63, 3.8) is 0 Å². The highest BCUT2D eigenvalue weighted by Gasteiger charge is 2.59. The minimum atomic E-state index is -1.01. The van der Waals surface area contributed by atoms with Crippen LogP contribution in [0.2, 0.25) is 0 Å². The van der Waals surface area contributed by atoms with Crippen molar-refractivity contribution >= 4 is 50.8 Å². The number of hydrogen-bond acceptors (Lipinski definition) is 6. The largest absolute Gasteiger partial charge is 0.464 e. The standard InChI is InChI=1S/C20H16BrN3O4/c1-11-4-3-5-14(10-11)24-17-15(16(22-24)20(27)28-2)18(25)23(19(17)26)13-8-6-12(21)7-9-13/h3-10,15,17H,1-2H3/t15-,17+/m1/s1. The Morgan fingerprint density at radius 3 is 2.43 bits per heavy atom.